The lowest BCUT2D eigenvalue weighted by molar-refractivity contribution is 0.628. The van der Waals surface area contributed by atoms with Gasteiger partial charge in [-0.1, -0.05) is 11.6 Å². The number of nitrogens with one attached hydrogen (secondary N) is 2. The van der Waals surface area contributed by atoms with Crippen LogP contribution >= 0.6 is 11.6 Å². The molecule has 0 spiro atoms. The molecule has 0 atom stereocenters. The van der Waals surface area contributed by atoms with E-state index >= 15 is 0 Å². The molecule has 1 aromatic heterocycles. The summed E-state index contributed by atoms with van der Waals surface area (Å²) in [5.41, 5.74) is 0.596. The fourth-order valence-corrected chi connectivity index (χ4v) is 1.65. The van der Waals surface area contributed by atoms with Crippen molar-refractivity contribution in [3.8, 4) is 0 Å². The maximum Gasteiger partial charge on any atom is 0.135 e. The van der Waals surface area contributed by atoms with Crippen LogP contribution in [0.4, 0.5) is 21.7 Å². The number of benzene rings is 1. The predicted molar refractivity (Wildman–Crippen MR) is 70.9 cm³/mol. The monoisotopic (exact) mass is 266 g/mol. The van der Waals surface area contributed by atoms with Crippen LogP contribution in [0.2, 0.25) is 5.02 Å². The third-order valence-electron chi connectivity index (χ3n) is 2.22. The highest BCUT2D eigenvalue weighted by Gasteiger charge is 2.04. The van der Waals surface area contributed by atoms with Crippen molar-refractivity contribution in [2.75, 3.05) is 17.2 Å². The highest BCUT2D eigenvalue weighted by atomic mass is 35.5. The molecule has 0 aliphatic rings. The fraction of sp³-hybridized carbons (Fsp3) is 0.167. The maximum absolute atomic E-state index is 12.9. The normalized spacial score (nSPS) is 10.2. The third kappa shape index (κ3) is 3.07. The van der Waals surface area contributed by atoms with Crippen LogP contribution in [0, 0.1) is 5.82 Å². The molecule has 2 N–H and O–H groups in total. The third-order valence-corrected chi connectivity index (χ3v) is 2.53. The van der Waals surface area contributed by atoms with Crippen molar-refractivity contribution < 1.29 is 4.39 Å². The van der Waals surface area contributed by atoms with Gasteiger partial charge >= 0.3 is 0 Å². The second-order valence-corrected chi connectivity index (χ2v) is 3.98. The van der Waals surface area contributed by atoms with Crippen molar-refractivity contribution in [1.29, 1.82) is 0 Å². The van der Waals surface area contributed by atoms with Gasteiger partial charge in [-0.25, -0.2) is 14.4 Å². The van der Waals surface area contributed by atoms with E-state index in [4.69, 9.17) is 11.6 Å². The van der Waals surface area contributed by atoms with Crippen LogP contribution in [0.25, 0.3) is 0 Å². The molecular formula is C12H12ClFN4. The Hall–Kier alpha value is -1.88. The lowest BCUT2D eigenvalue weighted by Gasteiger charge is -2.08. The summed E-state index contributed by atoms with van der Waals surface area (Å²) in [6, 6.07) is 5.90. The first-order valence-electron chi connectivity index (χ1n) is 5.47. The van der Waals surface area contributed by atoms with Gasteiger partial charge in [-0.2, -0.15) is 0 Å². The molecule has 4 nitrogen and oxygen atoms in total. The molecule has 0 aliphatic heterocycles. The number of rotatable bonds is 4. The van der Waals surface area contributed by atoms with E-state index in [2.05, 4.69) is 20.6 Å². The summed E-state index contributed by atoms with van der Waals surface area (Å²) in [4.78, 5) is 8.12. The topological polar surface area (TPSA) is 49.8 Å². The Bertz CT molecular complexity index is 547. The van der Waals surface area contributed by atoms with Crippen molar-refractivity contribution >= 4 is 28.9 Å². The number of anilines is 3. The lowest BCUT2D eigenvalue weighted by atomic mass is 10.3. The molecule has 0 fully saturated rings. The second-order valence-electron chi connectivity index (χ2n) is 3.57. The van der Waals surface area contributed by atoms with Crippen LogP contribution in [0.5, 0.6) is 0 Å². The summed E-state index contributed by atoms with van der Waals surface area (Å²) in [7, 11) is 0. The average molecular weight is 267 g/mol. The molecule has 0 bridgehead atoms. The minimum absolute atomic E-state index is 0.304. The van der Waals surface area contributed by atoms with Gasteiger partial charge in [0.15, 0.2) is 0 Å². The van der Waals surface area contributed by atoms with Gasteiger partial charge in [0.05, 0.1) is 10.7 Å². The van der Waals surface area contributed by atoms with Gasteiger partial charge in [0, 0.05) is 12.6 Å². The number of aromatic nitrogens is 2. The molecule has 0 aliphatic carbocycles. The quantitative estimate of drug-likeness (QED) is 0.890. The highest BCUT2D eigenvalue weighted by molar-refractivity contribution is 6.33. The van der Waals surface area contributed by atoms with Gasteiger partial charge in [0.1, 0.15) is 23.8 Å². The molecule has 2 aromatic rings. The Labute approximate surface area is 109 Å². The van der Waals surface area contributed by atoms with Gasteiger partial charge in [0.2, 0.25) is 0 Å². The fourth-order valence-electron chi connectivity index (χ4n) is 1.43. The van der Waals surface area contributed by atoms with Crippen LogP contribution in [0.1, 0.15) is 6.92 Å². The first kappa shape index (κ1) is 12.6. The minimum Gasteiger partial charge on any atom is -0.370 e. The molecular weight excluding hydrogens is 255 g/mol. The molecule has 0 amide bonds. The summed E-state index contributed by atoms with van der Waals surface area (Å²) in [6.07, 6.45) is 1.44. The smallest absolute Gasteiger partial charge is 0.135 e. The number of halogens is 2. The lowest BCUT2D eigenvalue weighted by Crippen LogP contribution is -2.01. The maximum atomic E-state index is 12.9. The zero-order chi connectivity index (χ0) is 13.0. The van der Waals surface area contributed by atoms with Crippen LogP contribution in [0.15, 0.2) is 30.6 Å². The largest absolute Gasteiger partial charge is 0.370 e. The van der Waals surface area contributed by atoms with Crippen molar-refractivity contribution in [1.82, 2.24) is 9.97 Å². The summed E-state index contributed by atoms with van der Waals surface area (Å²) in [6.45, 7) is 2.75. The van der Waals surface area contributed by atoms with Crippen molar-refractivity contribution in [2.24, 2.45) is 0 Å². The highest BCUT2D eigenvalue weighted by Crippen LogP contribution is 2.25. The molecule has 18 heavy (non-hydrogen) atoms. The van der Waals surface area contributed by atoms with E-state index in [1.54, 1.807) is 12.1 Å². The molecule has 1 aromatic carbocycles. The molecule has 0 radical (unpaired) electrons. The summed E-state index contributed by atoms with van der Waals surface area (Å²) in [5.74, 6) is 0.935. The average Bonchev–Trinajstić information content (AvgIpc) is 2.34. The standard InChI is InChI=1S/C12H12ClFN4/c1-2-15-11-6-12(17-7-16-11)18-10-4-3-8(14)5-9(10)13/h3-7H,2H2,1H3,(H2,15,16,17,18). The Morgan fingerprint density at radius 3 is 2.72 bits per heavy atom. The number of hydrogen-bond acceptors (Lipinski definition) is 4. The zero-order valence-electron chi connectivity index (χ0n) is 9.74. The summed E-state index contributed by atoms with van der Waals surface area (Å²) < 4.78 is 12.9. The Morgan fingerprint density at radius 2 is 2.00 bits per heavy atom. The van der Waals surface area contributed by atoms with Gasteiger partial charge < -0.3 is 10.6 Å². The molecule has 0 unspecified atom stereocenters. The van der Waals surface area contributed by atoms with E-state index in [1.807, 2.05) is 6.92 Å². The van der Waals surface area contributed by atoms with Crippen LogP contribution in [0.3, 0.4) is 0 Å². The SMILES string of the molecule is CCNc1cc(Nc2ccc(F)cc2Cl)ncn1. The van der Waals surface area contributed by atoms with E-state index < -0.39 is 0 Å². The predicted octanol–water partition coefficient (Wildman–Crippen LogP) is 3.44. The molecule has 2 rings (SSSR count). The second kappa shape index (κ2) is 5.64. The number of nitrogens with zero attached hydrogens (tertiary/aromatic N) is 2. The summed E-state index contributed by atoms with van der Waals surface area (Å²) in [5, 5.41) is 6.39. The minimum atomic E-state index is -0.374. The van der Waals surface area contributed by atoms with Gasteiger partial charge in [-0.15, -0.1) is 0 Å². The van der Waals surface area contributed by atoms with E-state index in [9.17, 15) is 4.39 Å². The molecule has 0 saturated heterocycles. The molecule has 0 saturated carbocycles. The van der Waals surface area contributed by atoms with E-state index in [-0.39, 0.29) is 5.82 Å². The first-order chi connectivity index (χ1) is 8.69. The van der Waals surface area contributed by atoms with Crippen LogP contribution in [-0.4, -0.2) is 16.5 Å². The van der Waals surface area contributed by atoms with E-state index in [1.165, 1.54) is 18.5 Å². The Morgan fingerprint density at radius 1 is 1.22 bits per heavy atom. The molecule has 1 heterocycles. The molecule has 6 heteroatoms. The van der Waals surface area contributed by atoms with Gasteiger partial charge in [-0.3, -0.25) is 0 Å². The first-order valence-corrected chi connectivity index (χ1v) is 5.85. The number of hydrogen-bond donors (Lipinski definition) is 2. The van der Waals surface area contributed by atoms with Crippen LogP contribution in [-0.2, 0) is 0 Å². The van der Waals surface area contributed by atoms with Gasteiger partial charge in [-0.05, 0) is 25.1 Å². The Kier molecular flexibility index (Phi) is 3.94. The van der Waals surface area contributed by atoms with Crippen molar-refractivity contribution in [2.45, 2.75) is 6.92 Å². The van der Waals surface area contributed by atoms with Crippen molar-refractivity contribution in [3.63, 3.8) is 0 Å². The van der Waals surface area contributed by atoms with Crippen LogP contribution < -0.4 is 10.6 Å². The van der Waals surface area contributed by atoms with Gasteiger partial charge in [0.25, 0.3) is 0 Å². The molecule has 94 valence electrons. The Balaban J connectivity index is 2.20. The zero-order valence-corrected chi connectivity index (χ0v) is 10.5. The van der Waals surface area contributed by atoms with E-state index in [0.717, 1.165) is 6.54 Å². The van der Waals surface area contributed by atoms with Crippen molar-refractivity contribution in [3.05, 3.63) is 41.4 Å². The van der Waals surface area contributed by atoms with E-state index in [0.29, 0.717) is 22.3 Å². The summed E-state index contributed by atoms with van der Waals surface area (Å²) >= 11 is 5.92.